The zero-order chi connectivity index (χ0) is 22.1. The number of benzene rings is 1. The number of rotatable bonds is 10. The molecule has 2 N–H and O–H groups in total. The molecule has 0 aliphatic rings. The molecule has 7 heteroatoms. The zero-order valence-electron chi connectivity index (χ0n) is 20.3. The van der Waals surface area contributed by atoms with Crippen molar-refractivity contribution in [3.63, 3.8) is 0 Å². The highest BCUT2D eigenvalue weighted by Gasteiger charge is 2.14. The number of halogens is 1. The lowest BCUT2D eigenvalue weighted by atomic mass is 10.1. The van der Waals surface area contributed by atoms with Gasteiger partial charge in [0.1, 0.15) is 0 Å². The molecule has 1 aromatic carbocycles. The molecule has 0 fully saturated rings. The largest absolute Gasteiger partial charge is 0.357 e. The lowest BCUT2D eigenvalue weighted by Crippen LogP contribution is -2.43. The third kappa shape index (κ3) is 8.44. The molecule has 0 aliphatic carbocycles. The summed E-state index contributed by atoms with van der Waals surface area (Å²) in [6.45, 7) is 17.6. The van der Waals surface area contributed by atoms with Crippen LogP contribution < -0.4 is 10.6 Å². The number of hydrogen-bond donors (Lipinski definition) is 2. The molecule has 0 radical (unpaired) electrons. The minimum Gasteiger partial charge on any atom is -0.357 e. The molecule has 0 spiro atoms. The molecule has 0 bridgehead atoms. The van der Waals surface area contributed by atoms with Crippen LogP contribution in [0.25, 0.3) is 0 Å². The second-order valence-corrected chi connectivity index (χ2v) is 8.00. The van der Waals surface area contributed by atoms with Crippen molar-refractivity contribution >= 4 is 29.9 Å². The summed E-state index contributed by atoms with van der Waals surface area (Å²) in [5.41, 5.74) is 6.24. The van der Waals surface area contributed by atoms with Crippen LogP contribution in [0.3, 0.4) is 0 Å². The predicted molar refractivity (Wildman–Crippen MR) is 142 cm³/mol. The van der Waals surface area contributed by atoms with E-state index >= 15 is 0 Å². The number of hydrogen-bond acceptors (Lipinski definition) is 3. The van der Waals surface area contributed by atoms with Gasteiger partial charge in [0.2, 0.25) is 0 Å². The molecule has 174 valence electrons. The summed E-state index contributed by atoms with van der Waals surface area (Å²) in [5.74, 6) is 0.860. The van der Waals surface area contributed by atoms with Gasteiger partial charge in [0.15, 0.2) is 5.96 Å². The Morgan fingerprint density at radius 2 is 1.84 bits per heavy atom. The number of aromatic nitrogens is 2. The molecule has 2 rings (SSSR count). The predicted octanol–water partition coefficient (Wildman–Crippen LogP) is 4.18. The van der Waals surface area contributed by atoms with Gasteiger partial charge >= 0.3 is 0 Å². The molecular weight excluding hydrogens is 499 g/mol. The third-order valence-corrected chi connectivity index (χ3v) is 5.61. The van der Waals surface area contributed by atoms with Crippen LogP contribution in [0.5, 0.6) is 0 Å². The van der Waals surface area contributed by atoms with Crippen molar-refractivity contribution in [2.45, 2.75) is 67.1 Å². The second kappa shape index (κ2) is 13.7. The van der Waals surface area contributed by atoms with Gasteiger partial charge in [-0.15, -0.1) is 24.0 Å². The van der Waals surface area contributed by atoms with E-state index < -0.39 is 0 Å². The number of nitrogens with zero attached hydrogens (tertiary/aromatic N) is 4. The smallest absolute Gasteiger partial charge is 0.191 e. The standard InChI is InChI=1S/C24H40N6.HI/c1-8-25-24(27-18(4)14-23-19(5)28-29(7)20(23)6)26-16-21-12-11-13-22(15-21)17-30(9-2)10-3;/h11-13,15,18H,8-10,14,16-17H2,1-7H3,(H2,25,26,27);1H. The summed E-state index contributed by atoms with van der Waals surface area (Å²) < 4.78 is 1.96. The highest BCUT2D eigenvalue weighted by molar-refractivity contribution is 14.0. The fourth-order valence-electron chi connectivity index (χ4n) is 3.73. The van der Waals surface area contributed by atoms with Gasteiger partial charge in [0.05, 0.1) is 12.2 Å². The normalized spacial score (nSPS) is 12.6. The summed E-state index contributed by atoms with van der Waals surface area (Å²) >= 11 is 0. The minimum absolute atomic E-state index is 0. The molecule has 0 amide bonds. The summed E-state index contributed by atoms with van der Waals surface area (Å²) in [6.07, 6.45) is 0.926. The average molecular weight is 541 g/mol. The molecule has 0 saturated carbocycles. The minimum atomic E-state index is 0. The van der Waals surface area contributed by atoms with Gasteiger partial charge in [-0.05, 0) is 63.9 Å². The molecule has 31 heavy (non-hydrogen) atoms. The second-order valence-electron chi connectivity index (χ2n) is 8.00. The first-order chi connectivity index (χ1) is 14.4. The Morgan fingerprint density at radius 3 is 2.42 bits per heavy atom. The van der Waals surface area contributed by atoms with Gasteiger partial charge < -0.3 is 10.6 Å². The molecule has 1 unspecified atom stereocenters. The monoisotopic (exact) mass is 540 g/mol. The summed E-state index contributed by atoms with van der Waals surface area (Å²) in [5, 5.41) is 11.5. The first-order valence-electron chi connectivity index (χ1n) is 11.2. The quantitative estimate of drug-likeness (QED) is 0.270. The highest BCUT2D eigenvalue weighted by atomic mass is 127. The van der Waals surface area contributed by atoms with Gasteiger partial charge in [-0.25, -0.2) is 4.99 Å². The van der Waals surface area contributed by atoms with E-state index in [0.29, 0.717) is 6.54 Å². The zero-order valence-corrected chi connectivity index (χ0v) is 22.7. The van der Waals surface area contributed by atoms with E-state index in [0.717, 1.165) is 44.3 Å². The van der Waals surface area contributed by atoms with E-state index in [1.54, 1.807) is 0 Å². The topological polar surface area (TPSA) is 57.5 Å². The van der Waals surface area contributed by atoms with Crippen molar-refractivity contribution in [1.82, 2.24) is 25.3 Å². The van der Waals surface area contributed by atoms with Crippen LogP contribution in [0.2, 0.25) is 0 Å². The van der Waals surface area contributed by atoms with E-state index in [4.69, 9.17) is 4.99 Å². The Kier molecular flexibility index (Phi) is 12.1. The Morgan fingerprint density at radius 1 is 1.16 bits per heavy atom. The molecule has 0 saturated heterocycles. The first-order valence-corrected chi connectivity index (χ1v) is 11.2. The van der Waals surface area contributed by atoms with Crippen molar-refractivity contribution in [1.29, 1.82) is 0 Å². The van der Waals surface area contributed by atoms with Gasteiger partial charge in [-0.1, -0.05) is 38.1 Å². The van der Waals surface area contributed by atoms with Crippen LogP contribution in [-0.2, 0) is 26.6 Å². The maximum Gasteiger partial charge on any atom is 0.191 e. The van der Waals surface area contributed by atoms with Crippen LogP contribution in [0.1, 0.15) is 55.8 Å². The van der Waals surface area contributed by atoms with Crippen LogP contribution in [-0.4, -0.2) is 46.3 Å². The third-order valence-electron chi connectivity index (χ3n) is 5.61. The maximum atomic E-state index is 4.84. The Bertz CT molecular complexity index is 825. The van der Waals surface area contributed by atoms with Crippen LogP contribution in [0, 0.1) is 13.8 Å². The molecule has 1 heterocycles. The molecule has 1 aromatic heterocycles. The summed E-state index contributed by atoms with van der Waals surface area (Å²) in [6, 6.07) is 9.04. The van der Waals surface area contributed by atoms with Crippen LogP contribution in [0.15, 0.2) is 29.3 Å². The lowest BCUT2D eigenvalue weighted by molar-refractivity contribution is 0.296. The van der Waals surface area contributed by atoms with Crippen molar-refractivity contribution in [3.8, 4) is 0 Å². The Balaban J connectivity index is 0.00000480. The fraction of sp³-hybridized carbons (Fsp3) is 0.583. The number of aryl methyl sites for hydroxylation is 2. The summed E-state index contributed by atoms with van der Waals surface area (Å²) in [7, 11) is 2.00. The Labute approximate surface area is 205 Å². The first kappa shape index (κ1) is 27.4. The number of guanidine groups is 1. The molecular formula is C24H41IN6. The molecule has 2 aromatic rings. The maximum absolute atomic E-state index is 4.84. The fourth-order valence-corrected chi connectivity index (χ4v) is 3.73. The van der Waals surface area contributed by atoms with E-state index in [1.165, 1.54) is 22.4 Å². The number of nitrogens with one attached hydrogen (secondary N) is 2. The van der Waals surface area contributed by atoms with E-state index in [9.17, 15) is 0 Å². The van der Waals surface area contributed by atoms with E-state index in [-0.39, 0.29) is 30.0 Å². The van der Waals surface area contributed by atoms with Crippen molar-refractivity contribution in [2.75, 3.05) is 19.6 Å². The van der Waals surface area contributed by atoms with Crippen molar-refractivity contribution < 1.29 is 0 Å². The van der Waals surface area contributed by atoms with Gasteiger partial charge in [0, 0.05) is 31.9 Å². The van der Waals surface area contributed by atoms with Gasteiger partial charge in [-0.3, -0.25) is 9.58 Å². The summed E-state index contributed by atoms with van der Waals surface area (Å²) in [4.78, 5) is 7.26. The number of aliphatic imine (C=N–C) groups is 1. The molecule has 6 nitrogen and oxygen atoms in total. The molecule has 0 aliphatic heterocycles. The average Bonchev–Trinajstić information content (AvgIpc) is 2.96. The van der Waals surface area contributed by atoms with Gasteiger partial charge in [0.25, 0.3) is 0 Å². The van der Waals surface area contributed by atoms with Gasteiger partial charge in [-0.2, -0.15) is 5.10 Å². The molecule has 1 atom stereocenters. The van der Waals surface area contributed by atoms with E-state index in [1.807, 2.05) is 11.7 Å². The van der Waals surface area contributed by atoms with E-state index in [2.05, 4.69) is 86.4 Å². The van der Waals surface area contributed by atoms with Crippen LogP contribution in [0.4, 0.5) is 0 Å². The SMILES string of the molecule is CCNC(=NCc1cccc(CN(CC)CC)c1)NC(C)Cc1c(C)nn(C)c1C.I. The highest BCUT2D eigenvalue weighted by Crippen LogP contribution is 2.14. The van der Waals surface area contributed by atoms with Crippen molar-refractivity contribution in [2.24, 2.45) is 12.0 Å². The Hall–Kier alpha value is -1.61. The van der Waals surface area contributed by atoms with Crippen LogP contribution >= 0.6 is 24.0 Å². The van der Waals surface area contributed by atoms with Crippen molar-refractivity contribution in [3.05, 3.63) is 52.3 Å². The lowest BCUT2D eigenvalue weighted by Gasteiger charge is -2.19.